The van der Waals surface area contributed by atoms with Gasteiger partial charge in [-0.3, -0.25) is 19.3 Å². The van der Waals surface area contributed by atoms with E-state index in [-0.39, 0.29) is 24.9 Å². The Kier molecular flexibility index (Phi) is 2.65. The number of alkyl halides is 1. The highest BCUT2D eigenvalue weighted by atomic mass is 35.5. The van der Waals surface area contributed by atoms with E-state index < -0.39 is 11.8 Å². The summed E-state index contributed by atoms with van der Waals surface area (Å²) in [5.74, 6) is -1.57. The minimum atomic E-state index is -0.531. The van der Waals surface area contributed by atoms with Crippen LogP contribution in [-0.2, 0) is 14.4 Å². The summed E-state index contributed by atoms with van der Waals surface area (Å²) in [6.45, 7) is -0.341. The van der Waals surface area contributed by atoms with Gasteiger partial charge in [-0.05, 0) is 0 Å². The molecule has 0 radical (unpaired) electrons. The van der Waals surface area contributed by atoms with E-state index in [0.29, 0.717) is 0 Å². The van der Waals surface area contributed by atoms with Crippen LogP contribution in [-0.4, -0.2) is 41.6 Å². The van der Waals surface area contributed by atoms with Crippen molar-refractivity contribution >= 4 is 29.3 Å². The standard InChI is InChI=1S/C6H7ClN2O3/c7-1-5(11)9-3-4(10)8-2-6(9)12/h1-3H2,(H,8,10). The number of hydrogen-bond acceptors (Lipinski definition) is 3. The van der Waals surface area contributed by atoms with Crippen LogP contribution in [0.4, 0.5) is 0 Å². The number of imide groups is 1. The molecule has 3 amide bonds. The number of piperazine rings is 1. The summed E-state index contributed by atoms with van der Waals surface area (Å²) in [6.07, 6.45) is 0. The highest BCUT2D eigenvalue weighted by molar-refractivity contribution is 6.28. The average molecular weight is 191 g/mol. The van der Waals surface area contributed by atoms with Gasteiger partial charge in [-0.1, -0.05) is 0 Å². The zero-order chi connectivity index (χ0) is 9.14. The molecule has 0 unspecified atom stereocenters. The lowest BCUT2D eigenvalue weighted by atomic mass is 10.3. The molecule has 0 aromatic carbocycles. The van der Waals surface area contributed by atoms with Gasteiger partial charge in [-0.2, -0.15) is 0 Å². The molecule has 1 rings (SSSR count). The zero-order valence-electron chi connectivity index (χ0n) is 6.17. The molecule has 0 saturated carbocycles. The molecule has 1 heterocycles. The van der Waals surface area contributed by atoms with Gasteiger partial charge in [0.05, 0.1) is 6.54 Å². The van der Waals surface area contributed by atoms with Crippen molar-refractivity contribution in [3.8, 4) is 0 Å². The third-order valence-electron chi connectivity index (χ3n) is 1.45. The molecular formula is C6H7ClN2O3. The van der Waals surface area contributed by atoms with Gasteiger partial charge in [0, 0.05) is 0 Å². The average Bonchev–Trinajstić information content (AvgIpc) is 2.08. The Morgan fingerprint density at radius 2 is 2.25 bits per heavy atom. The minimum Gasteiger partial charge on any atom is -0.345 e. The van der Waals surface area contributed by atoms with Gasteiger partial charge in [-0.15, -0.1) is 11.6 Å². The molecule has 6 heteroatoms. The number of carbonyl (C=O) groups is 3. The van der Waals surface area contributed by atoms with Crippen molar-refractivity contribution < 1.29 is 14.4 Å². The highest BCUT2D eigenvalue weighted by Crippen LogP contribution is 1.97. The molecule has 0 aromatic rings. The second-order valence-corrected chi connectivity index (χ2v) is 2.55. The van der Waals surface area contributed by atoms with Gasteiger partial charge in [0.25, 0.3) is 0 Å². The molecule has 1 saturated heterocycles. The van der Waals surface area contributed by atoms with Crippen LogP contribution in [0.15, 0.2) is 0 Å². The Labute approximate surface area is 73.7 Å². The van der Waals surface area contributed by atoms with Gasteiger partial charge in [0.1, 0.15) is 12.4 Å². The summed E-state index contributed by atoms with van der Waals surface area (Å²) in [5, 5.41) is 2.32. The molecule has 0 aromatic heterocycles. The van der Waals surface area contributed by atoms with Crippen LogP contribution in [0.3, 0.4) is 0 Å². The second-order valence-electron chi connectivity index (χ2n) is 2.28. The summed E-state index contributed by atoms with van der Waals surface area (Å²) in [6, 6.07) is 0. The third kappa shape index (κ3) is 1.73. The number of amides is 3. The zero-order valence-corrected chi connectivity index (χ0v) is 6.93. The van der Waals surface area contributed by atoms with E-state index in [9.17, 15) is 14.4 Å². The van der Waals surface area contributed by atoms with Crippen molar-refractivity contribution in [2.45, 2.75) is 0 Å². The predicted octanol–water partition coefficient (Wildman–Crippen LogP) is -1.29. The first-order valence-electron chi connectivity index (χ1n) is 3.31. The molecule has 66 valence electrons. The molecule has 0 atom stereocenters. The van der Waals surface area contributed by atoms with Gasteiger partial charge < -0.3 is 5.32 Å². The Balaban J connectivity index is 2.67. The van der Waals surface area contributed by atoms with E-state index in [1.807, 2.05) is 0 Å². The first-order chi connectivity index (χ1) is 5.65. The Morgan fingerprint density at radius 1 is 1.58 bits per heavy atom. The lowest BCUT2D eigenvalue weighted by molar-refractivity contribution is -0.149. The number of rotatable bonds is 1. The van der Waals surface area contributed by atoms with Gasteiger partial charge in [-0.25, -0.2) is 0 Å². The fourth-order valence-electron chi connectivity index (χ4n) is 0.857. The SMILES string of the molecule is O=C1CN(C(=O)CCl)C(=O)CN1. The summed E-state index contributed by atoms with van der Waals surface area (Å²) in [5.41, 5.74) is 0. The highest BCUT2D eigenvalue weighted by Gasteiger charge is 2.27. The molecule has 0 aliphatic carbocycles. The molecule has 12 heavy (non-hydrogen) atoms. The Morgan fingerprint density at radius 3 is 2.83 bits per heavy atom. The van der Waals surface area contributed by atoms with Crippen molar-refractivity contribution in [1.29, 1.82) is 0 Å². The van der Waals surface area contributed by atoms with Crippen LogP contribution in [0.2, 0.25) is 0 Å². The first kappa shape index (κ1) is 8.99. The Hall–Kier alpha value is -1.10. The van der Waals surface area contributed by atoms with Crippen LogP contribution >= 0.6 is 11.6 Å². The number of nitrogens with zero attached hydrogens (tertiary/aromatic N) is 1. The lowest BCUT2D eigenvalue weighted by Gasteiger charge is -2.23. The molecule has 1 aliphatic heterocycles. The molecule has 0 spiro atoms. The largest absolute Gasteiger partial charge is 0.345 e. The molecular weight excluding hydrogens is 184 g/mol. The summed E-state index contributed by atoms with van der Waals surface area (Å²) >= 11 is 5.22. The number of nitrogens with one attached hydrogen (secondary N) is 1. The van der Waals surface area contributed by atoms with E-state index in [1.54, 1.807) is 0 Å². The summed E-state index contributed by atoms with van der Waals surface area (Å²) in [7, 11) is 0. The van der Waals surface area contributed by atoms with Crippen LogP contribution in [0.25, 0.3) is 0 Å². The van der Waals surface area contributed by atoms with Crippen molar-refractivity contribution in [2.24, 2.45) is 0 Å². The molecule has 0 bridgehead atoms. The monoisotopic (exact) mass is 190 g/mol. The third-order valence-corrected chi connectivity index (χ3v) is 1.68. The van der Waals surface area contributed by atoms with E-state index in [2.05, 4.69) is 5.32 Å². The van der Waals surface area contributed by atoms with Crippen LogP contribution in [0.1, 0.15) is 0 Å². The number of hydrogen-bond donors (Lipinski definition) is 1. The van der Waals surface area contributed by atoms with Gasteiger partial charge in [0.2, 0.25) is 17.7 Å². The fourth-order valence-corrected chi connectivity index (χ4v) is 1.00. The fraction of sp³-hybridized carbons (Fsp3) is 0.500. The number of halogens is 1. The van der Waals surface area contributed by atoms with E-state index >= 15 is 0 Å². The first-order valence-corrected chi connectivity index (χ1v) is 3.84. The van der Waals surface area contributed by atoms with Gasteiger partial charge >= 0.3 is 0 Å². The van der Waals surface area contributed by atoms with Crippen molar-refractivity contribution in [2.75, 3.05) is 19.0 Å². The molecule has 1 fully saturated rings. The quantitative estimate of drug-likeness (QED) is 0.524. The van der Waals surface area contributed by atoms with E-state index in [1.165, 1.54) is 0 Å². The predicted molar refractivity (Wildman–Crippen MR) is 40.4 cm³/mol. The summed E-state index contributed by atoms with van der Waals surface area (Å²) in [4.78, 5) is 33.5. The maximum atomic E-state index is 11.0. The second kappa shape index (κ2) is 3.53. The van der Waals surface area contributed by atoms with Crippen molar-refractivity contribution in [3.63, 3.8) is 0 Å². The normalized spacial score (nSPS) is 17.6. The number of carbonyl (C=O) groups excluding carboxylic acids is 3. The maximum Gasteiger partial charge on any atom is 0.249 e. The topological polar surface area (TPSA) is 66.5 Å². The minimum absolute atomic E-state index is 0.124. The van der Waals surface area contributed by atoms with Crippen LogP contribution in [0, 0.1) is 0 Å². The van der Waals surface area contributed by atoms with E-state index in [4.69, 9.17) is 11.6 Å². The molecule has 1 aliphatic rings. The molecule has 5 nitrogen and oxygen atoms in total. The lowest BCUT2D eigenvalue weighted by Crippen LogP contribution is -2.54. The smallest absolute Gasteiger partial charge is 0.249 e. The summed E-state index contributed by atoms with van der Waals surface area (Å²) < 4.78 is 0. The van der Waals surface area contributed by atoms with Crippen molar-refractivity contribution in [3.05, 3.63) is 0 Å². The van der Waals surface area contributed by atoms with E-state index in [0.717, 1.165) is 4.90 Å². The van der Waals surface area contributed by atoms with Crippen molar-refractivity contribution in [1.82, 2.24) is 10.2 Å². The molecule has 1 N–H and O–H groups in total. The van der Waals surface area contributed by atoms with Gasteiger partial charge in [0.15, 0.2) is 0 Å². The van der Waals surface area contributed by atoms with Crippen LogP contribution < -0.4 is 5.32 Å². The maximum absolute atomic E-state index is 11.0. The van der Waals surface area contributed by atoms with Crippen LogP contribution in [0.5, 0.6) is 0 Å². The Bertz CT molecular complexity index is 233.